The highest BCUT2D eigenvalue weighted by Crippen LogP contribution is 2.41. The molecular formula is C12H12N2O. The minimum atomic E-state index is -0.608. The molecule has 3 atom stereocenters. The van der Waals surface area contributed by atoms with Gasteiger partial charge < -0.3 is 0 Å². The molecule has 0 N–H and O–H groups in total. The van der Waals surface area contributed by atoms with E-state index in [1.807, 2.05) is 6.92 Å². The molecule has 1 fully saturated rings. The number of carbonyl (C=O) groups is 1. The number of nitrogens with zero attached hydrogens (tertiary/aromatic N) is 2. The normalized spacial score (nSPS) is 25.3. The van der Waals surface area contributed by atoms with Crippen molar-refractivity contribution in [3.8, 4) is 6.07 Å². The van der Waals surface area contributed by atoms with Crippen LogP contribution in [0.4, 0.5) is 0 Å². The van der Waals surface area contributed by atoms with Gasteiger partial charge in [0.05, 0.1) is 6.07 Å². The molecule has 0 bridgehead atoms. The van der Waals surface area contributed by atoms with E-state index in [1.54, 1.807) is 24.5 Å². The first kappa shape index (κ1) is 9.85. The second-order valence-corrected chi connectivity index (χ2v) is 4.06. The summed E-state index contributed by atoms with van der Waals surface area (Å²) in [4.78, 5) is 15.8. The van der Waals surface area contributed by atoms with Crippen LogP contribution in [-0.4, -0.2) is 10.8 Å². The summed E-state index contributed by atoms with van der Waals surface area (Å²) in [6.07, 6.45) is 4.16. The third kappa shape index (κ3) is 1.89. The van der Waals surface area contributed by atoms with Gasteiger partial charge in [-0.15, -0.1) is 0 Å². The van der Waals surface area contributed by atoms with Crippen molar-refractivity contribution in [3.05, 3.63) is 30.1 Å². The van der Waals surface area contributed by atoms with Gasteiger partial charge in [-0.3, -0.25) is 9.78 Å². The van der Waals surface area contributed by atoms with Crippen molar-refractivity contribution in [3.63, 3.8) is 0 Å². The van der Waals surface area contributed by atoms with Gasteiger partial charge in [0, 0.05) is 18.3 Å². The largest absolute Gasteiger partial charge is 0.298 e. The Kier molecular flexibility index (Phi) is 2.51. The van der Waals surface area contributed by atoms with Gasteiger partial charge in [-0.25, -0.2) is 0 Å². The van der Waals surface area contributed by atoms with Crippen molar-refractivity contribution in [1.29, 1.82) is 5.26 Å². The van der Waals surface area contributed by atoms with Crippen LogP contribution >= 0.6 is 0 Å². The van der Waals surface area contributed by atoms with Crippen LogP contribution in [0.15, 0.2) is 24.5 Å². The minimum Gasteiger partial charge on any atom is -0.298 e. The Balaban J connectivity index is 2.19. The Morgan fingerprint density at radius 1 is 1.60 bits per heavy atom. The number of ketones is 1. The molecule has 1 heterocycles. The molecule has 3 heteroatoms. The highest BCUT2D eigenvalue weighted by molar-refractivity contribution is 5.92. The van der Waals surface area contributed by atoms with Crippen molar-refractivity contribution in [2.24, 2.45) is 11.8 Å². The molecule has 76 valence electrons. The van der Waals surface area contributed by atoms with Gasteiger partial charge in [0.15, 0.2) is 5.78 Å². The van der Waals surface area contributed by atoms with Gasteiger partial charge in [-0.2, -0.15) is 5.26 Å². The highest BCUT2D eigenvalue weighted by atomic mass is 16.1. The van der Waals surface area contributed by atoms with E-state index in [-0.39, 0.29) is 11.7 Å². The van der Waals surface area contributed by atoms with Crippen LogP contribution in [0.3, 0.4) is 0 Å². The second kappa shape index (κ2) is 3.82. The molecule has 15 heavy (non-hydrogen) atoms. The number of hydrogen-bond acceptors (Lipinski definition) is 3. The molecule has 2 rings (SSSR count). The van der Waals surface area contributed by atoms with Crippen molar-refractivity contribution in [2.45, 2.75) is 19.3 Å². The fraction of sp³-hybridized carbons (Fsp3) is 0.417. The van der Waals surface area contributed by atoms with Crippen LogP contribution < -0.4 is 0 Å². The summed E-state index contributed by atoms with van der Waals surface area (Å²) in [5, 5.41) is 9.02. The Hall–Kier alpha value is -1.69. The first-order valence-corrected chi connectivity index (χ1v) is 5.07. The quantitative estimate of drug-likeness (QED) is 0.748. The van der Waals surface area contributed by atoms with Gasteiger partial charge in [0.1, 0.15) is 5.92 Å². The number of Topliss-reactive ketones (excluding diaryl/α,β-unsaturated/α-hetero) is 1. The molecule has 3 unspecified atom stereocenters. The Bertz CT molecular complexity index is 407. The molecule has 0 saturated heterocycles. The summed E-state index contributed by atoms with van der Waals surface area (Å²) in [6.45, 7) is 2.05. The van der Waals surface area contributed by atoms with E-state index in [9.17, 15) is 4.79 Å². The number of aromatic nitrogens is 1. The van der Waals surface area contributed by atoms with E-state index < -0.39 is 5.92 Å². The Morgan fingerprint density at radius 3 is 2.67 bits per heavy atom. The zero-order valence-corrected chi connectivity index (χ0v) is 8.55. The lowest BCUT2D eigenvalue weighted by atomic mass is 9.94. The fourth-order valence-corrected chi connectivity index (χ4v) is 1.79. The average Bonchev–Trinajstić information content (AvgIpc) is 2.98. The van der Waals surface area contributed by atoms with Crippen molar-refractivity contribution in [1.82, 2.24) is 4.98 Å². The van der Waals surface area contributed by atoms with Crippen LogP contribution in [0.1, 0.15) is 24.8 Å². The average molecular weight is 200 g/mol. The third-order valence-electron chi connectivity index (χ3n) is 2.93. The monoisotopic (exact) mass is 200 g/mol. The van der Waals surface area contributed by atoms with Gasteiger partial charge in [0.25, 0.3) is 0 Å². The molecule has 0 spiro atoms. The lowest BCUT2D eigenvalue weighted by Crippen LogP contribution is -2.13. The van der Waals surface area contributed by atoms with E-state index in [0.717, 1.165) is 12.0 Å². The predicted molar refractivity (Wildman–Crippen MR) is 54.9 cm³/mol. The summed E-state index contributed by atoms with van der Waals surface area (Å²) in [6, 6.07) is 5.55. The number of carbonyl (C=O) groups excluding carboxylic acids is 1. The van der Waals surface area contributed by atoms with Gasteiger partial charge in [-0.1, -0.05) is 6.92 Å². The topological polar surface area (TPSA) is 53.8 Å². The lowest BCUT2D eigenvalue weighted by molar-refractivity contribution is -0.120. The van der Waals surface area contributed by atoms with E-state index >= 15 is 0 Å². The van der Waals surface area contributed by atoms with E-state index in [4.69, 9.17) is 5.26 Å². The van der Waals surface area contributed by atoms with Crippen LogP contribution in [0.25, 0.3) is 0 Å². The molecule has 0 aromatic carbocycles. The van der Waals surface area contributed by atoms with E-state index in [2.05, 4.69) is 11.1 Å². The van der Waals surface area contributed by atoms with E-state index in [1.165, 1.54) is 0 Å². The molecule has 1 aliphatic rings. The maximum absolute atomic E-state index is 11.9. The van der Waals surface area contributed by atoms with E-state index in [0.29, 0.717) is 5.92 Å². The molecule has 1 aromatic rings. The van der Waals surface area contributed by atoms with Crippen LogP contribution in [0, 0.1) is 23.2 Å². The molecule has 0 radical (unpaired) electrons. The summed E-state index contributed by atoms with van der Waals surface area (Å²) in [5.74, 6) is 0.0113. The number of nitriles is 1. The van der Waals surface area contributed by atoms with Crippen LogP contribution in [0.2, 0.25) is 0 Å². The number of rotatable bonds is 3. The number of hydrogen-bond donors (Lipinski definition) is 0. The number of pyridine rings is 1. The van der Waals surface area contributed by atoms with Crippen molar-refractivity contribution >= 4 is 5.78 Å². The zero-order valence-electron chi connectivity index (χ0n) is 8.55. The summed E-state index contributed by atoms with van der Waals surface area (Å²) >= 11 is 0. The standard InChI is InChI=1S/C12H12N2O/c1-8-6-10(8)12(15)11(7-13)9-2-4-14-5-3-9/h2-5,8,10-11H,6H2,1H3. The molecule has 1 saturated carbocycles. The van der Waals surface area contributed by atoms with Gasteiger partial charge >= 0.3 is 0 Å². The first-order valence-electron chi connectivity index (χ1n) is 5.07. The van der Waals surface area contributed by atoms with Crippen molar-refractivity contribution in [2.75, 3.05) is 0 Å². The molecule has 1 aliphatic carbocycles. The SMILES string of the molecule is CC1CC1C(=O)C(C#N)c1ccncc1. The summed E-state index contributed by atoms with van der Waals surface area (Å²) in [7, 11) is 0. The molecule has 1 aromatic heterocycles. The van der Waals surface area contributed by atoms with Crippen molar-refractivity contribution < 1.29 is 4.79 Å². The highest BCUT2D eigenvalue weighted by Gasteiger charge is 2.42. The molecule has 0 aliphatic heterocycles. The van der Waals surface area contributed by atoms with Crippen LogP contribution in [-0.2, 0) is 4.79 Å². The molecular weight excluding hydrogens is 188 g/mol. The fourth-order valence-electron chi connectivity index (χ4n) is 1.79. The minimum absolute atomic E-state index is 0.0659. The maximum atomic E-state index is 11.9. The molecule has 0 amide bonds. The lowest BCUT2D eigenvalue weighted by Gasteiger charge is -2.06. The maximum Gasteiger partial charge on any atom is 0.157 e. The van der Waals surface area contributed by atoms with Gasteiger partial charge in [0.2, 0.25) is 0 Å². The Morgan fingerprint density at radius 2 is 2.20 bits per heavy atom. The third-order valence-corrected chi connectivity index (χ3v) is 2.93. The summed E-state index contributed by atoms with van der Waals surface area (Å²) < 4.78 is 0. The summed E-state index contributed by atoms with van der Waals surface area (Å²) in [5.41, 5.74) is 0.761. The molecule has 3 nitrogen and oxygen atoms in total. The zero-order chi connectivity index (χ0) is 10.8. The smallest absolute Gasteiger partial charge is 0.157 e. The second-order valence-electron chi connectivity index (χ2n) is 4.06. The Labute approximate surface area is 88.8 Å². The predicted octanol–water partition coefficient (Wildman–Crippen LogP) is 1.91. The van der Waals surface area contributed by atoms with Gasteiger partial charge in [-0.05, 0) is 30.0 Å². The van der Waals surface area contributed by atoms with Crippen LogP contribution in [0.5, 0.6) is 0 Å². The first-order chi connectivity index (χ1) is 7.24.